The second kappa shape index (κ2) is 7.27. The summed E-state index contributed by atoms with van der Waals surface area (Å²) in [6.45, 7) is 3.76. The average molecular weight is 398 g/mol. The summed E-state index contributed by atoms with van der Waals surface area (Å²) in [5.74, 6) is -0.317. The van der Waals surface area contributed by atoms with Gasteiger partial charge in [0.05, 0.1) is 16.6 Å². The molecule has 1 aromatic carbocycles. The van der Waals surface area contributed by atoms with Crippen LogP contribution in [0, 0.1) is 11.7 Å². The second-order valence-corrected chi connectivity index (χ2v) is 8.06. The van der Waals surface area contributed by atoms with Gasteiger partial charge in [-0.25, -0.2) is 14.1 Å². The van der Waals surface area contributed by atoms with Gasteiger partial charge in [-0.15, -0.1) is 0 Å². The van der Waals surface area contributed by atoms with Gasteiger partial charge in [0.1, 0.15) is 11.5 Å². The fourth-order valence-electron chi connectivity index (χ4n) is 2.82. The van der Waals surface area contributed by atoms with E-state index in [9.17, 15) is 14.0 Å². The number of anilines is 1. The predicted molar refractivity (Wildman–Crippen MR) is 107 cm³/mol. The quantitative estimate of drug-likeness (QED) is 0.702. The Hall–Kier alpha value is -2.87. The number of aromatic nitrogens is 3. The maximum absolute atomic E-state index is 13.4. The van der Waals surface area contributed by atoms with Gasteiger partial charge in [-0.3, -0.25) is 9.59 Å². The number of benzene rings is 1. The molecule has 8 heteroatoms. The maximum Gasteiger partial charge on any atom is 0.267 e. The first-order valence-electron chi connectivity index (χ1n) is 9.10. The summed E-state index contributed by atoms with van der Waals surface area (Å²) in [6.07, 6.45) is 1.80. The summed E-state index contributed by atoms with van der Waals surface area (Å²) in [4.78, 5) is 29.5. The SMILES string of the molecule is CC(C)n1nc(-c2sc(NC(=O)C3CC3)nc2-c2ccc(F)cc2)ccc1=O. The van der Waals surface area contributed by atoms with E-state index in [4.69, 9.17) is 0 Å². The molecule has 144 valence electrons. The normalized spacial score (nSPS) is 13.7. The van der Waals surface area contributed by atoms with Crippen LogP contribution in [0.25, 0.3) is 21.8 Å². The lowest BCUT2D eigenvalue weighted by Gasteiger charge is -2.09. The Kier molecular flexibility index (Phi) is 4.80. The highest BCUT2D eigenvalue weighted by molar-refractivity contribution is 7.19. The number of hydrogen-bond acceptors (Lipinski definition) is 5. The predicted octanol–water partition coefficient (Wildman–Crippen LogP) is 4.10. The summed E-state index contributed by atoms with van der Waals surface area (Å²) in [5.41, 5.74) is 1.70. The van der Waals surface area contributed by atoms with Crippen molar-refractivity contribution < 1.29 is 9.18 Å². The number of rotatable bonds is 5. The van der Waals surface area contributed by atoms with E-state index in [1.165, 1.54) is 34.2 Å². The minimum atomic E-state index is -0.339. The molecule has 1 amide bonds. The van der Waals surface area contributed by atoms with Crippen LogP contribution in [0.5, 0.6) is 0 Å². The number of nitrogens with zero attached hydrogens (tertiary/aromatic N) is 3. The highest BCUT2D eigenvalue weighted by Crippen LogP contribution is 2.39. The Morgan fingerprint density at radius 2 is 1.93 bits per heavy atom. The molecule has 0 radical (unpaired) electrons. The van der Waals surface area contributed by atoms with Crippen molar-refractivity contribution in [1.29, 1.82) is 0 Å². The highest BCUT2D eigenvalue weighted by atomic mass is 32.1. The van der Waals surface area contributed by atoms with Gasteiger partial charge in [-0.1, -0.05) is 11.3 Å². The van der Waals surface area contributed by atoms with E-state index in [2.05, 4.69) is 15.4 Å². The van der Waals surface area contributed by atoms with Crippen molar-refractivity contribution in [3.8, 4) is 21.8 Å². The van der Waals surface area contributed by atoms with Crippen molar-refractivity contribution in [3.63, 3.8) is 0 Å². The highest BCUT2D eigenvalue weighted by Gasteiger charge is 2.30. The summed E-state index contributed by atoms with van der Waals surface area (Å²) in [5, 5.41) is 7.80. The van der Waals surface area contributed by atoms with Gasteiger partial charge in [0.25, 0.3) is 5.56 Å². The number of amides is 1. The number of hydrogen-bond donors (Lipinski definition) is 1. The molecule has 0 atom stereocenters. The fraction of sp³-hybridized carbons (Fsp3) is 0.300. The molecule has 4 rings (SSSR count). The maximum atomic E-state index is 13.4. The number of nitrogens with one attached hydrogen (secondary N) is 1. The van der Waals surface area contributed by atoms with Gasteiger partial charge >= 0.3 is 0 Å². The minimum Gasteiger partial charge on any atom is -0.302 e. The zero-order chi connectivity index (χ0) is 19.8. The van der Waals surface area contributed by atoms with Crippen molar-refractivity contribution in [2.75, 3.05) is 5.32 Å². The molecule has 6 nitrogen and oxygen atoms in total. The van der Waals surface area contributed by atoms with Crippen molar-refractivity contribution in [3.05, 3.63) is 52.6 Å². The molecule has 1 aliphatic rings. The molecule has 0 bridgehead atoms. The van der Waals surface area contributed by atoms with Crippen LogP contribution in [0.2, 0.25) is 0 Å². The summed E-state index contributed by atoms with van der Waals surface area (Å²) in [6, 6.07) is 9.03. The lowest BCUT2D eigenvalue weighted by Crippen LogP contribution is -2.23. The first kappa shape index (κ1) is 18.5. The third-order valence-electron chi connectivity index (χ3n) is 4.47. The summed E-state index contributed by atoms with van der Waals surface area (Å²) >= 11 is 1.30. The second-order valence-electron chi connectivity index (χ2n) is 7.06. The lowest BCUT2D eigenvalue weighted by molar-refractivity contribution is -0.117. The Morgan fingerprint density at radius 1 is 1.21 bits per heavy atom. The molecule has 1 aliphatic carbocycles. The molecule has 2 heterocycles. The fourth-order valence-corrected chi connectivity index (χ4v) is 3.78. The van der Waals surface area contributed by atoms with Crippen LogP contribution in [0.1, 0.15) is 32.7 Å². The van der Waals surface area contributed by atoms with Crippen LogP contribution in [0.3, 0.4) is 0 Å². The van der Waals surface area contributed by atoms with Crippen molar-refractivity contribution in [2.24, 2.45) is 5.92 Å². The average Bonchev–Trinajstić information content (AvgIpc) is 3.44. The van der Waals surface area contributed by atoms with E-state index in [1.54, 1.807) is 18.2 Å². The number of halogens is 1. The molecule has 28 heavy (non-hydrogen) atoms. The number of thiazole rings is 1. The van der Waals surface area contributed by atoms with E-state index < -0.39 is 0 Å². The molecule has 3 aromatic rings. The Morgan fingerprint density at radius 3 is 2.57 bits per heavy atom. The van der Waals surface area contributed by atoms with Crippen LogP contribution >= 0.6 is 11.3 Å². The molecule has 0 saturated heterocycles. The molecule has 0 spiro atoms. The van der Waals surface area contributed by atoms with Gasteiger partial charge in [-0.05, 0) is 57.0 Å². The van der Waals surface area contributed by atoms with E-state index in [1.807, 2.05) is 13.8 Å². The van der Waals surface area contributed by atoms with Crippen molar-refractivity contribution in [2.45, 2.75) is 32.7 Å². The minimum absolute atomic E-state index is 0.0361. The lowest BCUT2D eigenvalue weighted by atomic mass is 10.1. The van der Waals surface area contributed by atoms with E-state index in [-0.39, 0.29) is 29.2 Å². The molecular formula is C20H19FN4O2S. The van der Waals surface area contributed by atoms with Gasteiger partial charge < -0.3 is 5.32 Å². The van der Waals surface area contributed by atoms with Crippen molar-refractivity contribution >= 4 is 22.4 Å². The summed E-state index contributed by atoms with van der Waals surface area (Å²) in [7, 11) is 0. The zero-order valence-electron chi connectivity index (χ0n) is 15.5. The first-order chi connectivity index (χ1) is 13.4. The van der Waals surface area contributed by atoms with Crippen LogP contribution < -0.4 is 10.9 Å². The van der Waals surface area contributed by atoms with Gasteiger partial charge in [0.2, 0.25) is 5.91 Å². The Bertz CT molecular complexity index is 1080. The molecule has 0 unspecified atom stereocenters. The van der Waals surface area contributed by atoms with Crippen molar-refractivity contribution in [1.82, 2.24) is 14.8 Å². The Balaban J connectivity index is 1.81. The molecule has 1 saturated carbocycles. The number of carbonyl (C=O) groups excluding carboxylic acids is 1. The number of carbonyl (C=O) groups is 1. The third kappa shape index (κ3) is 3.73. The zero-order valence-corrected chi connectivity index (χ0v) is 16.3. The molecule has 0 aliphatic heterocycles. The van der Waals surface area contributed by atoms with Gasteiger partial charge in [0.15, 0.2) is 5.13 Å². The van der Waals surface area contributed by atoms with Gasteiger partial charge in [-0.2, -0.15) is 5.10 Å². The van der Waals surface area contributed by atoms with Crippen LogP contribution in [0.15, 0.2) is 41.2 Å². The monoisotopic (exact) mass is 398 g/mol. The summed E-state index contributed by atoms with van der Waals surface area (Å²) < 4.78 is 14.8. The molecular weight excluding hydrogens is 379 g/mol. The third-order valence-corrected chi connectivity index (χ3v) is 5.46. The van der Waals surface area contributed by atoms with Crippen LogP contribution in [-0.4, -0.2) is 20.7 Å². The van der Waals surface area contributed by atoms with E-state index >= 15 is 0 Å². The van der Waals surface area contributed by atoms with Gasteiger partial charge in [0, 0.05) is 17.5 Å². The Labute approximate surface area is 165 Å². The topological polar surface area (TPSA) is 76.9 Å². The smallest absolute Gasteiger partial charge is 0.267 e. The molecule has 1 fully saturated rings. The molecule has 2 aromatic heterocycles. The van der Waals surface area contributed by atoms with E-state index in [0.717, 1.165) is 12.8 Å². The van der Waals surface area contributed by atoms with Crippen LogP contribution in [-0.2, 0) is 4.79 Å². The first-order valence-corrected chi connectivity index (χ1v) is 9.92. The van der Waals surface area contributed by atoms with Crippen LogP contribution in [0.4, 0.5) is 9.52 Å². The standard InChI is InChI=1S/C20H19FN4O2S/c1-11(2)25-16(26)10-9-15(24-25)18-17(12-5-7-14(21)8-6-12)22-20(28-18)23-19(27)13-3-4-13/h5-11,13H,3-4H2,1-2H3,(H,22,23,27). The molecule has 1 N–H and O–H groups in total. The largest absolute Gasteiger partial charge is 0.302 e. The van der Waals surface area contributed by atoms with E-state index in [0.29, 0.717) is 27.0 Å².